The van der Waals surface area contributed by atoms with Gasteiger partial charge in [-0.2, -0.15) is 0 Å². The Bertz CT molecular complexity index is 1540. The molecule has 0 atom stereocenters. The fraction of sp³-hybridized carbons (Fsp3) is 0. The summed E-state index contributed by atoms with van der Waals surface area (Å²) in [6, 6.07) is 26.9. The fourth-order valence-electron chi connectivity index (χ4n) is 3.47. The van der Waals surface area contributed by atoms with Crippen LogP contribution < -0.4 is 15.4 Å². The fourth-order valence-corrected chi connectivity index (χ4v) is 4.76. The normalized spacial score (nSPS) is 11.2. The third kappa shape index (κ3) is 4.79. The minimum atomic E-state index is -3.75. The largest absolute Gasteiger partial charge is 0.340 e. The van der Waals surface area contributed by atoms with E-state index in [4.69, 9.17) is 0 Å². The summed E-state index contributed by atoms with van der Waals surface area (Å²) in [5.74, 6) is 1.85. The molecular formula is C25H20N6O2S. The van der Waals surface area contributed by atoms with Crippen LogP contribution in [0.15, 0.2) is 108 Å². The third-order valence-corrected chi connectivity index (χ3v) is 6.48. The first kappa shape index (κ1) is 21.4. The zero-order chi connectivity index (χ0) is 23.4. The molecule has 0 aliphatic carbocycles. The minimum Gasteiger partial charge on any atom is -0.340 e. The summed E-state index contributed by atoms with van der Waals surface area (Å²) in [7, 11) is -3.75. The third-order valence-electron chi connectivity index (χ3n) is 5.04. The molecular weight excluding hydrogens is 448 g/mol. The lowest BCUT2D eigenvalue weighted by Crippen LogP contribution is -2.13. The Balaban J connectivity index is 1.30. The maximum absolute atomic E-state index is 13.0. The number of anilines is 5. The monoisotopic (exact) mass is 468 g/mol. The molecule has 0 fully saturated rings. The maximum Gasteiger partial charge on any atom is 0.262 e. The quantitative estimate of drug-likeness (QED) is 0.297. The molecule has 0 amide bonds. The molecule has 0 aliphatic heterocycles. The van der Waals surface area contributed by atoms with Gasteiger partial charge < -0.3 is 10.6 Å². The van der Waals surface area contributed by atoms with Crippen LogP contribution in [0.3, 0.4) is 0 Å². The highest BCUT2D eigenvalue weighted by atomic mass is 32.2. The highest BCUT2D eigenvalue weighted by Gasteiger charge is 2.17. The molecule has 5 rings (SSSR count). The number of pyridine rings is 1. The number of nitrogens with one attached hydrogen (secondary N) is 3. The van der Waals surface area contributed by atoms with Crippen LogP contribution in [0.4, 0.5) is 28.8 Å². The summed E-state index contributed by atoms with van der Waals surface area (Å²) in [6.45, 7) is 0. The van der Waals surface area contributed by atoms with Crippen molar-refractivity contribution >= 4 is 49.6 Å². The van der Waals surface area contributed by atoms with E-state index in [0.717, 1.165) is 11.1 Å². The summed E-state index contributed by atoms with van der Waals surface area (Å²) in [4.78, 5) is 12.9. The van der Waals surface area contributed by atoms with E-state index >= 15 is 0 Å². The molecule has 5 aromatic rings. The number of rotatable bonds is 7. The maximum atomic E-state index is 13.0. The van der Waals surface area contributed by atoms with Crippen molar-refractivity contribution in [1.29, 1.82) is 0 Å². The first-order valence-electron chi connectivity index (χ1n) is 10.4. The van der Waals surface area contributed by atoms with Gasteiger partial charge in [0.05, 0.1) is 4.90 Å². The van der Waals surface area contributed by atoms with E-state index in [1.807, 2.05) is 42.5 Å². The van der Waals surface area contributed by atoms with Gasteiger partial charge in [-0.1, -0.05) is 42.5 Å². The molecule has 168 valence electrons. The molecule has 0 saturated heterocycles. The summed E-state index contributed by atoms with van der Waals surface area (Å²) in [5, 5.41) is 7.84. The lowest BCUT2D eigenvalue weighted by molar-refractivity contribution is 0.602. The lowest BCUT2D eigenvalue weighted by atomic mass is 10.1. The predicted molar refractivity (Wildman–Crippen MR) is 134 cm³/mol. The van der Waals surface area contributed by atoms with Gasteiger partial charge in [-0.15, -0.1) is 0 Å². The van der Waals surface area contributed by atoms with Crippen LogP contribution in [-0.2, 0) is 10.0 Å². The molecule has 8 nitrogen and oxygen atoms in total. The Hall–Kier alpha value is -4.50. The predicted octanol–water partition coefficient (Wildman–Crippen LogP) is 5.31. The summed E-state index contributed by atoms with van der Waals surface area (Å²) < 4.78 is 28.7. The average Bonchev–Trinajstić information content (AvgIpc) is 2.86. The van der Waals surface area contributed by atoms with Gasteiger partial charge in [0.2, 0.25) is 0 Å². The molecule has 34 heavy (non-hydrogen) atoms. The molecule has 0 unspecified atom stereocenters. The smallest absolute Gasteiger partial charge is 0.262 e. The average molecular weight is 469 g/mol. The van der Waals surface area contributed by atoms with Crippen LogP contribution in [0.5, 0.6) is 0 Å². The van der Waals surface area contributed by atoms with E-state index < -0.39 is 10.0 Å². The number of nitrogens with zero attached hydrogens (tertiary/aromatic N) is 3. The Kier molecular flexibility index (Phi) is 5.75. The number of hydrogen-bond donors (Lipinski definition) is 3. The van der Waals surface area contributed by atoms with Gasteiger partial charge in [-0.3, -0.25) is 4.72 Å². The minimum absolute atomic E-state index is 0.238. The van der Waals surface area contributed by atoms with Crippen LogP contribution >= 0.6 is 0 Å². The topological polar surface area (TPSA) is 109 Å². The van der Waals surface area contributed by atoms with Crippen molar-refractivity contribution in [1.82, 2.24) is 15.0 Å². The molecule has 0 saturated carbocycles. The van der Waals surface area contributed by atoms with Crippen molar-refractivity contribution < 1.29 is 8.42 Å². The molecule has 9 heteroatoms. The Labute approximate surface area is 196 Å². The van der Waals surface area contributed by atoms with E-state index in [9.17, 15) is 8.42 Å². The SMILES string of the molecule is O=S(=O)(Nc1ccc(Nc2cc(Nc3ccccn3)ncn2)cc1)c1cccc2ccccc12. The van der Waals surface area contributed by atoms with Crippen molar-refractivity contribution in [3.8, 4) is 0 Å². The van der Waals surface area contributed by atoms with Crippen molar-refractivity contribution in [2.45, 2.75) is 4.90 Å². The first-order chi connectivity index (χ1) is 16.6. The standard InChI is InChI=1S/C25H20N6O2S/c32-34(33,22-9-5-7-18-6-1-2-8-21(18)22)31-20-13-11-19(12-14-20)29-24-16-25(28-17-27-24)30-23-10-3-4-15-26-23/h1-17,31H,(H2,26,27,28,29,30). The lowest BCUT2D eigenvalue weighted by Gasteiger charge is -2.12. The second-order valence-electron chi connectivity index (χ2n) is 7.41. The first-order valence-corrected chi connectivity index (χ1v) is 11.9. The van der Waals surface area contributed by atoms with E-state index in [0.29, 0.717) is 28.5 Å². The summed E-state index contributed by atoms with van der Waals surface area (Å²) >= 11 is 0. The Morgan fingerprint density at radius 3 is 2.12 bits per heavy atom. The van der Waals surface area contributed by atoms with Gasteiger partial charge in [0.1, 0.15) is 23.8 Å². The zero-order valence-corrected chi connectivity index (χ0v) is 18.7. The Morgan fingerprint density at radius 2 is 1.32 bits per heavy atom. The van der Waals surface area contributed by atoms with E-state index in [1.54, 1.807) is 54.7 Å². The molecule has 2 aromatic heterocycles. The highest BCUT2D eigenvalue weighted by molar-refractivity contribution is 7.93. The van der Waals surface area contributed by atoms with E-state index in [-0.39, 0.29) is 4.90 Å². The van der Waals surface area contributed by atoms with Gasteiger partial charge in [-0.05, 0) is 47.9 Å². The van der Waals surface area contributed by atoms with Crippen LogP contribution in [0.25, 0.3) is 10.8 Å². The van der Waals surface area contributed by atoms with Gasteiger partial charge in [0.25, 0.3) is 10.0 Å². The summed E-state index contributed by atoms with van der Waals surface area (Å²) in [5.41, 5.74) is 1.20. The molecule has 2 heterocycles. The van der Waals surface area contributed by atoms with Crippen molar-refractivity contribution in [3.05, 3.63) is 104 Å². The molecule has 0 bridgehead atoms. The van der Waals surface area contributed by atoms with Crippen LogP contribution in [0.1, 0.15) is 0 Å². The zero-order valence-electron chi connectivity index (χ0n) is 17.9. The molecule has 0 spiro atoms. The highest BCUT2D eigenvalue weighted by Crippen LogP contribution is 2.26. The molecule has 0 aliphatic rings. The van der Waals surface area contributed by atoms with Crippen LogP contribution in [-0.4, -0.2) is 23.4 Å². The van der Waals surface area contributed by atoms with E-state index in [1.165, 1.54) is 6.33 Å². The van der Waals surface area contributed by atoms with Gasteiger partial charge in [0.15, 0.2) is 0 Å². The summed E-state index contributed by atoms with van der Waals surface area (Å²) in [6.07, 6.45) is 3.14. The Morgan fingerprint density at radius 1 is 0.618 bits per heavy atom. The van der Waals surface area contributed by atoms with Crippen molar-refractivity contribution in [3.63, 3.8) is 0 Å². The second kappa shape index (κ2) is 9.16. The van der Waals surface area contributed by atoms with Crippen molar-refractivity contribution in [2.75, 3.05) is 15.4 Å². The second-order valence-corrected chi connectivity index (χ2v) is 9.06. The van der Waals surface area contributed by atoms with Gasteiger partial charge in [0, 0.05) is 29.0 Å². The van der Waals surface area contributed by atoms with Crippen LogP contribution in [0.2, 0.25) is 0 Å². The number of sulfonamides is 1. The molecule has 0 radical (unpaired) electrons. The molecule has 3 aromatic carbocycles. The van der Waals surface area contributed by atoms with Crippen LogP contribution in [0, 0.1) is 0 Å². The molecule has 3 N–H and O–H groups in total. The van der Waals surface area contributed by atoms with Gasteiger partial charge in [-0.25, -0.2) is 23.4 Å². The van der Waals surface area contributed by atoms with Gasteiger partial charge >= 0.3 is 0 Å². The number of hydrogen-bond acceptors (Lipinski definition) is 7. The number of benzene rings is 3. The van der Waals surface area contributed by atoms with E-state index in [2.05, 4.69) is 30.3 Å². The number of aromatic nitrogens is 3. The van der Waals surface area contributed by atoms with Crippen molar-refractivity contribution in [2.24, 2.45) is 0 Å². The number of fused-ring (bicyclic) bond motifs is 1.